The summed E-state index contributed by atoms with van der Waals surface area (Å²) in [6, 6.07) is 0. The summed E-state index contributed by atoms with van der Waals surface area (Å²) in [4.78, 5) is 14.4. The second-order valence-electron chi connectivity index (χ2n) is 4.27. The molecule has 0 aromatic carbocycles. The molecule has 0 aliphatic carbocycles. The Morgan fingerprint density at radius 3 is 3.05 bits per heavy atom. The van der Waals surface area contributed by atoms with Crippen molar-refractivity contribution < 1.29 is 4.92 Å². The molecule has 0 unspecified atom stereocenters. The third-order valence-corrected chi connectivity index (χ3v) is 4.47. The van der Waals surface area contributed by atoms with Gasteiger partial charge < -0.3 is 16.4 Å². The molecular formula is C13H21N5O2S2. The van der Waals surface area contributed by atoms with E-state index in [-0.39, 0.29) is 0 Å². The minimum atomic E-state index is -0.482. The molecule has 7 nitrogen and oxygen atoms in total. The highest BCUT2D eigenvalue weighted by molar-refractivity contribution is 7.98. The Morgan fingerprint density at radius 1 is 1.59 bits per heavy atom. The summed E-state index contributed by atoms with van der Waals surface area (Å²) in [5.74, 6) is 2.22. The lowest BCUT2D eigenvalue weighted by Crippen LogP contribution is -2.28. The monoisotopic (exact) mass is 343 g/mol. The number of nitrogens with two attached hydrogens (primary N) is 1. The molecule has 0 aliphatic heterocycles. The van der Waals surface area contributed by atoms with Gasteiger partial charge in [-0.2, -0.15) is 11.8 Å². The SMILES string of the molecule is C=CCNC(=C[N+](=O)[O-])NCCCSCc1csc(CN)n1. The van der Waals surface area contributed by atoms with E-state index in [0.29, 0.717) is 25.5 Å². The lowest BCUT2D eigenvalue weighted by Gasteiger charge is -2.09. The molecule has 0 saturated heterocycles. The maximum atomic E-state index is 10.5. The smallest absolute Gasteiger partial charge is 0.274 e. The lowest BCUT2D eigenvalue weighted by atomic mass is 10.4. The third-order valence-electron chi connectivity index (χ3n) is 2.48. The van der Waals surface area contributed by atoms with Gasteiger partial charge in [-0.15, -0.1) is 17.9 Å². The second-order valence-corrected chi connectivity index (χ2v) is 6.32. The number of nitrogens with zero attached hydrogens (tertiary/aromatic N) is 2. The van der Waals surface area contributed by atoms with Gasteiger partial charge in [0.2, 0.25) is 0 Å². The van der Waals surface area contributed by atoms with Gasteiger partial charge in [0.05, 0.1) is 10.6 Å². The van der Waals surface area contributed by atoms with Crippen LogP contribution in [0.5, 0.6) is 0 Å². The number of hydrogen-bond acceptors (Lipinski definition) is 8. The highest BCUT2D eigenvalue weighted by Gasteiger charge is 2.02. The van der Waals surface area contributed by atoms with Crippen LogP contribution < -0.4 is 16.4 Å². The zero-order valence-corrected chi connectivity index (χ0v) is 13.9. The summed E-state index contributed by atoms with van der Waals surface area (Å²) in [5.41, 5.74) is 6.58. The molecule has 1 heterocycles. The molecule has 1 rings (SSSR count). The van der Waals surface area contributed by atoms with Gasteiger partial charge in [0.15, 0.2) is 5.82 Å². The predicted molar refractivity (Wildman–Crippen MR) is 92.1 cm³/mol. The van der Waals surface area contributed by atoms with Crippen LogP contribution in [-0.4, -0.2) is 28.7 Å². The van der Waals surface area contributed by atoms with Crippen molar-refractivity contribution in [2.24, 2.45) is 5.73 Å². The molecule has 1 aromatic rings. The first-order chi connectivity index (χ1) is 10.7. The molecule has 0 aliphatic rings. The fraction of sp³-hybridized carbons (Fsp3) is 0.462. The van der Waals surface area contributed by atoms with Crippen molar-refractivity contribution in [3.8, 4) is 0 Å². The molecule has 9 heteroatoms. The Bertz CT molecular complexity index is 504. The molecule has 122 valence electrons. The average Bonchev–Trinajstić information content (AvgIpc) is 2.95. The van der Waals surface area contributed by atoms with E-state index >= 15 is 0 Å². The van der Waals surface area contributed by atoms with E-state index in [2.05, 4.69) is 22.2 Å². The molecule has 0 fully saturated rings. The van der Waals surface area contributed by atoms with Gasteiger partial charge in [-0.25, -0.2) is 4.98 Å². The maximum Gasteiger partial charge on any atom is 0.274 e. The van der Waals surface area contributed by atoms with E-state index in [1.165, 1.54) is 0 Å². The fourth-order valence-electron chi connectivity index (χ4n) is 1.52. The Morgan fingerprint density at radius 2 is 2.41 bits per heavy atom. The van der Waals surface area contributed by atoms with Crippen LogP contribution in [0.2, 0.25) is 0 Å². The van der Waals surface area contributed by atoms with Crippen LogP contribution in [0.1, 0.15) is 17.1 Å². The van der Waals surface area contributed by atoms with Crippen LogP contribution in [0.4, 0.5) is 0 Å². The number of nitrogens with one attached hydrogen (secondary N) is 2. The Labute approximate surface area is 138 Å². The molecule has 4 N–H and O–H groups in total. The van der Waals surface area contributed by atoms with E-state index in [4.69, 9.17) is 5.73 Å². The van der Waals surface area contributed by atoms with Gasteiger partial charge in [-0.1, -0.05) is 6.08 Å². The second kappa shape index (κ2) is 11.0. The van der Waals surface area contributed by atoms with E-state index in [1.807, 2.05) is 5.38 Å². The summed E-state index contributed by atoms with van der Waals surface area (Å²) in [5, 5.41) is 19.4. The van der Waals surface area contributed by atoms with Crippen LogP contribution in [0.3, 0.4) is 0 Å². The zero-order chi connectivity index (χ0) is 16.2. The molecule has 0 spiro atoms. The van der Waals surface area contributed by atoms with E-state index in [9.17, 15) is 10.1 Å². The first-order valence-electron chi connectivity index (χ1n) is 6.80. The molecule has 0 radical (unpaired) electrons. The van der Waals surface area contributed by atoms with Crippen molar-refractivity contribution in [2.45, 2.75) is 18.7 Å². The van der Waals surface area contributed by atoms with Gasteiger partial charge in [0.1, 0.15) is 5.01 Å². The van der Waals surface area contributed by atoms with Gasteiger partial charge in [-0.05, 0) is 12.2 Å². The molecule has 0 bridgehead atoms. The summed E-state index contributed by atoms with van der Waals surface area (Å²) in [6.45, 7) is 5.20. The largest absolute Gasteiger partial charge is 0.367 e. The van der Waals surface area contributed by atoms with Crippen LogP contribution in [0, 0.1) is 10.1 Å². The molecule has 0 saturated carbocycles. The minimum absolute atomic E-state index is 0.405. The number of rotatable bonds is 12. The molecule has 0 atom stereocenters. The Hall–Kier alpha value is -1.58. The predicted octanol–water partition coefficient (Wildman–Crippen LogP) is 1.67. The van der Waals surface area contributed by atoms with Crippen molar-refractivity contribution in [3.63, 3.8) is 0 Å². The first-order valence-corrected chi connectivity index (χ1v) is 8.84. The highest BCUT2D eigenvalue weighted by Crippen LogP contribution is 2.15. The number of hydrogen-bond donors (Lipinski definition) is 3. The molecular weight excluding hydrogens is 322 g/mol. The zero-order valence-electron chi connectivity index (χ0n) is 12.3. The number of thioether (sulfide) groups is 1. The topological polar surface area (TPSA) is 106 Å². The van der Waals surface area contributed by atoms with Crippen LogP contribution in [0.15, 0.2) is 30.1 Å². The number of thiazole rings is 1. The van der Waals surface area contributed by atoms with Gasteiger partial charge >= 0.3 is 0 Å². The van der Waals surface area contributed by atoms with Gasteiger partial charge in [-0.3, -0.25) is 10.1 Å². The fourth-order valence-corrected chi connectivity index (χ4v) is 3.15. The lowest BCUT2D eigenvalue weighted by molar-refractivity contribution is -0.404. The standard InChI is InChI=1S/C13H21N5O2S2/c1-2-4-15-12(8-18(19)20)16-5-3-6-21-9-11-10-22-13(7-14)17-11/h2,8,10,15-16H,1,3-7,9,14H2. The third kappa shape index (κ3) is 8.01. The van der Waals surface area contributed by atoms with Crippen molar-refractivity contribution >= 4 is 23.1 Å². The van der Waals surface area contributed by atoms with Crippen LogP contribution in [0.25, 0.3) is 0 Å². The summed E-state index contributed by atoms with van der Waals surface area (Å²) in [6.07, 6.45) is 3.48. The Kier molecular flexibility index (Phi) is 9.28. The van der Waals surface area contributed by atoms with E-state index < -0.39 is 4.92 Å². The quantitative estimate of drug-likeness (QED) is 0.229. The number of aromatic nitrogens is 1. The van der Waals surface area contributed by atoms with Gasteiger partial charge in [0, 0.05) is 30.8 Å². The van der Waals surface area contributed by atoms with E-state index in [1.54, 1.807) is 29.2 Å². The molecule has 1 aromatic heterocycles. The maximum absolute atomic E-state index is 10.5. The van der Waals surface area contributed by atoms with E-state index in [0.717, 1.165) is 34.8 Å². The summed E-state index contributed by atoms with van der Waals surface area (Å²) < 4.78 is 0. The Balaban J connectivity index is 2.17. The first kappa shape index (κ1) is 18.5. The summed E-state index contributed by atoms with van der Waals surface area (Å²) >= 11 is 3.37. The van der Waals surface area contributed by atoms with Crippen LogP contribution >= 0.6 is 23.1 Å². The van der Waals surface area contributed by atoms with Crippen molar-refractivity contribution in [3.05, 3.63) is 50.9 Å². The average molecular weight is 343 g/mol. The molecule has 22 heavy (non-hydrogen) atoms. The minimum Gasteiger partial charge on any atom is -0.367 e. The van der Waals surface area contributed by atoms with Crippen molar-refractivity contribution in [1.82, 2.24) is 15.6 Å². The van der Waals surface area contributed by atoms with Crippen LogP contribution in [-0.2, 0) is 12.3 Å². The summed E-state index contributed by atoms with van der Waals surface area (Å²) in [7, 11) is 0. The van der Waals surface area contributed by atoms with Crippen molar-refractivity contribution in [2.75, 3.05) is 18.8 Å². The molecule has 0 amide bonds. The normalized spacial score (nSPS) is 11.2. The van der Waals surface area contributed by atoms with Crippen molar-refractivity contribution in [1.29, 1.82) is 0 Å². The number of nitro groups is 1. The van der Waals surface area contributed by atoms with Gasteiger partial charge in [0.25, 0.3) is 6.20 Å². The highest BCUT2D eigenvalue weighted by atomic mass is 32.2.